The molecule has 1 amide bonds. The number of methoxy groups -OCH3 is 2. The van der Waals surface area contributed by atoms with Crippen molar-refractivity contribution in [2.75, 3.05) is 26.2 Å². The second-order valence-electron chi connectivity index (χ2n) is 6.42. The molecule has 0 N–H and O–H groups in total. The summed E-state index contributed by atoms with van der Waals surface area (Å²) in [5.74, 6) is 2.02. The van der Waals surface area contributed by atoms with Gasteiger partial charge < -0.3 is 14.0 Å². The minimum Gasteiger partial charge on any atom is -0.493 e. The summed E-state index contributed by atoms with van der Waals surface area (Å²) in [6.07, 6.45) is 2.07. The highest BCUT2D eigenvalue weighted by atomic mass is 32.2. The molecule has 0 aliphatic carbocycles. The molecule has 0 unspecified atom stereocenters. The molecule has 0 fully saturated rings. The molecule has 0 atom stereocenters. The maximum Gasteiger partial charge on any atom is 0.279 e. The number of benzene rings is 2. The van der Waals surface area contributed by atoms with E-state index in [1.54, 1.807) is 26.0 Å². The SMILES string of the molecule is COc1cc2sc(=NC(=O)c3ccc(C)c(C)c3)n(CCSC)c2cc1OC. The fraction of sp³-hybridized carbons (Fsp3) is 0.333. The van der Waals surface area contributed by atoms with Crippen LogP contribution in [0.3, 0.4) is 0 Å². The summed E-state index contributed by atoms with van der Waals surface area (Å²) in [5.41, 5.74) is 3.84. The fourth-order valence-corrected chi connectivity index (χ4v) is 4.34. The summed E-state index contributed by atoms with van der Waals surface area (Å²) in [6, 6.07) is 9.57. The average Bonchev–Trinajstić information content (AvgIpc) is 3.02. The number of nitrogens with zero attached hydrogens (tertiary/aromatic N) is 2. The molecule has 2 aromatic carbocycles. The van der Waals surface area contributed by atoms with E-state index in [4.69, 9.17) is 9.47 Å². The normalized spacial score (nSPS) is 11.8. The summed E-state index contributed by atoms with van der Waals surface area (Å²) >= 11 is 3.24. The number of hydrogen-bond acceptors (Lipinski definition) is 5. The third-order valence-electron chi connectivity index (χ3n) is 4.66. The predicted octanol–water partition coefficient (Wildman–Crippen LogP) is 4.44. The summed E-state index contributed by atoms with van der Waals surface area (Å²) in [6.45, 7) is 4.79. The third kappa shape index (κ3) is 4.10. The first-order valence-electron chi connectivity index (χ1n) is 8.89. The van der Waals surface area contributed by atoms with E-state index in [1.165, 1.54) is 11.3 Å². The summed E-state index contributed by atoms with van der Waals surface area (Å²) in [5, 5.41) is 0. The molecule has 28 heavy (non-hydrogen) atoms. The first kappa shape index (κ1) is 20.5. The number of ether oxygens (including phenoxy) is 2. The van der Waals surface area contributed by atoms with Crippen molar-refractivity contribution in [1.82, 2.24) is 4.57 Å². The van der Waals surface area contributed by atoms with Crippen LogP contribution in [-0.2, 0) is 6.54 Å². The average molecular weight is 417 g/mol. The lowest BCUT2D eigenvalue weighted by Crippen LogP contribution is -2.18. The van der Waals surface area contributed by atoms with Gasteiger partial charge in [-0.15, -0.1) is 0 Å². The number of aryl methyl sites for hydroxylation is 3. The van der Waals surface area contributed by atoms with E-state index >= 15 is 0 Å². The highest BCUT2D eigenvalue weighted by molar-refractivity contribution is 7.98. The molecule has 7 heteroatoms. The van der Waals surface area contributed by atoms with Gasteiger partial charge in [-0.25, -0.2) is 0 Å². The standard InChI is InChI=1S/C21H24N2O3S2/c1-13-6-7-15(10-14(13)2)20(24)22-21-23(8-9-27-5)16-11-17(25-3)18(26-4)12-19(16)28-21/h6-7,10-12H,8-9H2,1-5H3. The number of hydrogen-bond donors (Lipinski definition) is 0. The van der Waals surface area contributed by atoms with E-state index in [0.717, 1.165) is 33.6 Å². The number of amides is 1. The molecule has 1 aromatic heterocycles. The molecular weight excluding hydrogens is 392 g/mol. The lowest BCUT2D eigenvalue weighted by Gasteiger charge is -2.09. The van der Waals surface area contributed by atoms with Crippen molar-refractivity contribution in [1.29, 1.82) is 0 Å². The van der Waals surface area contributed by atoms with Crippen LogP contribution in [0.25, 0.3) is 10.2 Å². The van der Waals surface area contributed by atoms with Crippen LogP contribution in [0.2, 0.25) is 0 Å². The van der Waals surface area contributed by atoms with E-state index in [0.29, 0.717) is 21.9 Å². The zero-order chi connectivity index (χ0) is 20.3. The molecule has 0 bridgehead atoms. The van der Waals surface area contributed by atoms with Gasteiger partial charge >= 0.3 is 0 Å². The van der Waals surface area contributed by atoms with Crippen LogP contribution in [0.15, 0.2) is 35.3 Å². The molecular formula is C21H24N2O3S2. The van der Waals surface area contributed by atoms with Gasteiger partial charge in [0.15, 0.2) is 16.3 Å². The Kier molecular flexibility index (Phi) is 6.46. The number of carbonyl (C=O) groups excluding carboxylic acids is 1. The van der Waals surface area contributed by atoms with Crippen molar-refractivity contribution < 1.29 is 14.3 Å². The van der Waals surface area contributed by atoms with Crippen LogP contribution in [0, 0.1) is 13.8 Å². The van der Waals surface area contributed by atoms with Gasteiger partial charge in [-0.2, -0.15) is 16.8 Å². The van der Waals surface area contributed by atoms with Crippen molar-refractivity contribution in [3.8, 4) is 11.5 Å². The lowest BCUT2D eigenvalue weighted by molar-refractivity contribution is 0.0998. The van der Waals surface area contributed by atoms with Crippen LogP contribution in [0.4, 0.5) is 0 Å². The fourth-order valence-electron chi connectivity index (χ4n) is 2.91. The van der Waals surface area contributed by atoms with Crippen molar-refractivity contribution in [3.63, 3.8) is 0 Å². The summed E-state index contributed by atoms with van der Waals surface area (Å²) < 4.78 is 14.0. The minimum absolute atomic E-state index is 0.230. The molecule has 0 aliphatic rings. The second kappa shape index (κ2) is 8.84. The van der Waals surface area contributed by atoms with Gasteiger partial charge in [0.25, 0.3) is 5.91 Å². The molecule has 0 radical (unpaired) electrons. The highest BCUT2D eigenvalue weighted by Gasteiger charge is 2.14. The van der Waals surface area contributed by atoms with Crippen molar-refractivity contribution >= 4 is 39.2 Å². The summed E-state index contributed by atoms with van der Waals surface area (Å²) in [4.78, 5) is 17.9. The van der Waals surface area contributed by atoms with Gasteiger partial charge in [-0.3, -0.25) is 4.79 Å². The van der Waals surface area contributed by atoms with Crippen molar-refractivity contribution in [2.24, 2.45) is 4.99 Å². The van der Waals surface area contributed by atoms with Crippen LogP contribution in [0.5, 0.6) is 11.5 Å². The Bertz CT molecular complexity index is 1080. The number of aromatic nitrogens is 1. The number of thioether (sulfide) groups is 1. The first-order chi connectivity index (χ1) is 13.5. The van der Waals surface area contributed by atoms with Crippen molar-refractivity contribution in [2.45, 2.75) is 20.4 Å². The smallest absolute Gasteiger partial charge is 0.279 e. The molecule has 1 heterocycles. The van der Waals surface area contributed by atoms with E-state index in [9.17, 15) is 4.79 Å². The van der Waals surface area contributed by atoms with Gasteiger partial charge in [-0.05, 0) is 43.4 Å². The zero-order valence-electron chi connectivity index (χ0n) is 16.7. The Labute approximate surface area is 173 Å². The van der Waals surface area contributed by atoms with Gasteiger partial charge in [0.2, 0.25) is 0 Å². The van der Waals surface area contributed by atoms with Gasteiger partial charge in [0, 0.05) is 30.0 Å². The molecule has 5 nitrogen and oxygen atoms in total. The zero-order valence-corrected chi connectivity index (χ0v) is 18.4. The third-order valence-corrected chi connectivity index (χ3v) is 6.29. The largest absolute Gasteiger partial charge is 0.493 e. The van der Waals surface area contributed by atoms with Gasteiger partial charge in [-0.1, -0.05) is 17.4 Å². The Morgan fingerprint density at radius 2 is 1.82 bits per heavy atom. The number of rotatable bonds is 6. The Hall–Kier alpha value is -2.25. The molecule has 0 aliphatic heterocycles. The van der Waals surface area contributed by atoms with Gasteiger partial charge in [0.1, 0.15) is 0 Å². The van der Waals surface area contributed by atoms with E-state index in [2.05, 4.69) is 15.8 Å². The number of thiazole rings is 1. The van der Waals surface area contributed by atoms with Crippen LogP contribution >= 0.6 is 23.1 Å². The van der Waals surface area contributed by atoms with Gasteiger partial charge in [0.05, 0.1) is 24.4 Å². The molecule has 0 spiro atoms. The minimum atomic E-state index is -0.230. The molecule has 3 rings (SSSR count). The van der Waals surface area contributed by atoms with Crippen LogP contribution in [0.1, 0.15) is 21.5 Å². The Morgan fingerprint density at radius 3 is 2.46 bits per heavy atom. The topological polar surface area (TPSA) is 52.8 Å². The second-order valence-corrected chi connectivity index (χ2v) is 8.41. The molecule has 3 aromatic rings. The monoisotopic (exact) mass is 416 g/mol. The Morgan fingerprint density at radius 1 is 1.11 bits per heavy atom. The lowest BCUT2D eigenvalue weighted by atomic mass is 10.1. The number of carbonyl (C=O) groups is 1. The molecule has 148 valence electrons. The maximum absolute atomic E-state index is 12.8. The van der Waals surface area contributed by atoms with Crippen LogP contribution < -0.4 is 14.3 Å². The quantitative estimate of drug-likeness (QED) is 0.596. The highest BCUT2D eigenvalue weighted by Crippen LogP contribution is 2.33. The van der Waals surface area contributed by atoms with E-state index in [-0.39, 0.29) is 5.91 Å². The van der Waals surface area contributed by atoms with E-state index < -0.39 is 0 Å². The summed E-state index contributed by atoms with van der Waals surface area (Å²) in [7, 11) is 3.24. The maximum atomic E-state index is 12.8. The first-order valence-corrected chi connectivity index (χ1v) is 11.1. The molecule has 0 saturated carbocycles. The number of fused-ring (bicyclic) bond motifs is 1. The molecule has 0 saturated heterocycles. The van der Waals surface area contributed by atoms with Crippen LogP contribution in [-0.4, -0.2) is 36.7 Å². The van der Waals surface area contributed by atoms with Crippen molar-refractivity contribution in [3.05, 3.63) is 51.8 Å². The predicted molar refractivity (Wildman–Crippen MR) is 117 cm³/mol. The Balaban J connectivity index is 2.15. The van der Waals surface area contributed by atoms with E-state index in [1.807, 2.05) is 44.2 Å².